The quantitative estimate of drug-likeness (QED) is 0.756. The van der Waals surface area contributed by atoms with Crippen molar-refractivity contribution in [2.75, 3.05) is 36.4 Å². The first kappa shape index (κ1) is 17.9. The van der Waals surface area contributed by atoms with Crippen molar-refractivity contribution in [2.45, 2.75) is 0 Å². The first-order chi connectivity index (χ1) is 13.7. The van der Waals surface area contributed by atoms with Crippen molar-refractivity contribution < 1.29 is 9.18 Å². The Labute approximate surface area is 162 Å². The maximum Gasteiger partial charge on any atom is 0.272 e. The summed E-state index contributed by atoms with van der Waals surface area (Å²) in [5.41, 5.74) is 2.16. The molecule has 0 aliphatic carbocycles. The van der Waals surface area contributed by atoms with Gasteiger partial charge in [-0.05, 0) is 42.5 Å². The number of benzene rings is 2. The predicted molar refractivity (Wildman–Crippen MR) is 106 cm³/mol. The number of piperazine rings is 1. The maximum atomic E-state index is 13.0. The standard InChI is InChI=1S/C21H20FN5O/c22-16-6-8-17(9-7-16)24-21-23-11-10-19(25-21)20(28)27-14-12-26(13-15-27)18-4-2-1-3-5-18/h1-11H,12-15H2,(H,23,24,25). The van der Waals surface area contributed by atoms with Gasteiger partial charge in [-0.25, -0.2) is 14.4 Å². The molecule has 0 radical (unpaired) electrons. The molecule has 1 saturated heterocycles. The Bertz CT molecular complexity index is 941. The molecule has 7 heteroatoms. The predicted octanol–water partition coefficient (Wildman–Crippen LogP) is 3.32. The number of anilines is 3. The van der Waals surface area contributed by atoms with Gasteiger partial charge in [0.05, 0.1) is 0 Å². The number of carbonyl (C=O) groups excluding carboxylic acids is 1. The number of aromatic nitrogens is 2. The van der Waals surface area contributed by atoms with Gasteiger partial charge in [0, 0.05) is 43.8 Å². The highest BCUT2D eigenvalue weighted by Crippen LogP contribution is 2.17. The Balaban J connectivity index is 1.40. The summed E-state index contributed by atoms with van der Waals surface area (Å²) in [5, 5.41) is 2.99. The van der Waals surface area contributed by atoms with Crippen LogP contribution in [0, 0.1) is 5.82 Å². The molecule has 1 aliphatic rings. The summed E-state index contributed by atoms with van der Waals surface area (Å²) in [5.74, 6) is -0.123. The largest absolute Gasteiger partial charge is 0.368 e. The topological polar surface area (TPSA) is 61.4 Å². The van der Waals surface area contributed by atoms with Gasteiger partial charge in [-0.15, -0.1) is 0 Å². The van der Waals surface area contributed by atoms with Crippen LogP contribution in [0.2, 0.25) is 0 Å². The molecule has 1 fully saturated rings. The Kier molecular flexibility index (Phi) is 5.14. The van der Waals surface area contributed by atoms with Crippen molar-refractivity contribution in [1.82, 2.24) is 14.9 Å². The smallest absolute Gasteiger partial charge is 0.272 e. The number of rotatable bonds is 4. The van der Waals surface area contributed by atoms with Crippen molar-refractivity contribution >= 4 is 23.2 Å². The maximum absolute atomic E-state index is 13.0. The van der Waals surface area contributed by atoms with Crippen LogP contribution in [-0.4, -0.2) is 47.0 Å². The molecule has 1 N–H and O–H groups in total. The van der Waals surface area contributed by atoms with Crippen LogP contribution >= 0.6 is 0 Å². The molecule has 2 aromatic carbocycles. The van der Waals surface area contributed by atoms with Crippen LogP contribution in [-0.2, 0) is 0 Å². The van der Waals surface area contributed by atoms with E-state index in [1.807, 2.05) is 23.1 Å². The van der Waals surface area contributed by atoms with E-state index >= 15 is 0 Å². The molecule has 6 nitrogen and oxygen atoms in total. The number of nitrogens with zero attached hydrogens (tertiary/aromatic N) is 4. The van der Waals surface area contributed by atoms with Gasteiger partial charge in [-0.1, -0.05) is 18.2 Å². The third-order valence-electron chi connectivity index (χ3n) is 4.66. The summed E-state index contributed by atoms with van der Waals surface area (Å²) in [6.45, 7) is 2.83. The average Bonchev–Trinajstić information content (AvgIpc) is 2.76. The van der Waals surface area contributed by atoms with E-state index in [0.29, 0.717) is 30.4 Å². The minimum atomic E-state index is -0.315. The minimum Gasteiger partial charge on any atom is -0.368 e. The second-order valence-corrected chi connectivity index (χ2v) is 6.51. The van der Waals surface area contributed by atoms with E-state index in [2.05, 4.69) is 32.3 Å². The molecular weight excluding hydrogens is 357 g/mol. The fourth-order valence-corrected chi connectivity index (χ4v) is 3.17. The molecule has 0 spiro atoms. The van der Waals surface area contributed by atoms with Crippen LogP contribution in [0.3, 0.4) is 0 Å². The monoisotopic (exact) mass is 377 g/mol. The summed E-state index contributed by atoms with van der Waals surface area (Å²) >= 11 is 0. The van der Waals surface area contributed by atoms with Crippen LogP contribution in [0.4, 0.5) is 21.7 Å². The summed E-state index contributed by atoms with van der Waals surface area (Å²) in [7, 11) is 0. The fraction of sp³-hybridized carbons (Fsp3) is 0.190. The lowest BCUT2D eigenvalue weighted by Crippen LogP contribution is -2.49. The van der Waals surface area contributed by atoms with E-state index in [1.165, 1.54) is 17.8 Å². The number of halogens is 1. The SMILES string of the molecule is O=C(c1ccnc(Nc2ccc(F)cc2)n1)N1CCN(c2ccccc2)CC1. The van der Waals surface area contributed by atoms with E-state index in [0.717, 1.165) is 13.1 Å². The van der Waals surface area contributed by atoms with Crippen LogP contribution in [0.1, 0.15) is 10.5 Å². The average molecular weight is 377 g/mol. The minimum absolute atomic E-state index is 0.114. The molecule has 2 heterocycles. The van der Waals surface area contributed by atoms with Gasteiger partial charge >= 0.3 is 0 Å². The summed E-state index contributed by atoms with van der Waals surface area (Å²) < 4.78 is 13.0. The molecule has 0 unspecified atom stereocenters. The molecule has 0 bridgehead atoms. The molecule has 1 aliphatic heterocycles. The van der Waals surface area contributed by atoms with E-state index in [9.17, 15) is 9.18 Å². The summed E-state index contributed by atoms with van der Waals surface area (Å²) in [6.07, 6.45) is 1.55. The Morgan fingerprint density at radius 2 is 1.64 bits per heavy atom. The van der Waals surface area contributed by atoms with Crippen molar-refractivity contribution in [1.29, 1.82) is 0 Å². The number of carbonyl (C=O) groups is 1. The number of hydrogen-bond donors (Lipinski definition) is 1. The third kappa shape index (κ3) is 4.09. The highest BCUT2D eigenvalue weighted by molar-refractivity contribution is 5.92. The third-order valence-corrected chi connectivity index (χ3v) is 4.66. The Hall–Kier alpha value is -3.48. The Morgan fingerprint density at radius 1 is 0.929 bits per heavy atom. The van der Waals surface area contributed by atoms with Crippen LogP contribution < -0.4 is 10.2 Å². The zero-order chi connectivity index (χ0) is 19.3. The van der Waals surface area contributed by atoms with Gasteiger partial charge in [0.15, 0.2) is 0 Å². The summed E-state index contributed by atoms with van der Waals surface area (Å²) in [4.78, 5) is 25.4. The molecule has 0 saturated carbocycles. The van der Waals surface area contributed by atoms with Crippen LogP contribution in [0.5, 0.6) is 0 Å². The second kappa shape index (κ2) is 8.04. The molecule has 1 aromatic heterocycles. The molecule has 0 atom stereocenters. The molecule has 4 rings (SSSR count). The van der Waals surface area contributed by atoms with Gasteiger partial charge in [-0.3, -0.25) is 4.79 Å². The first-order valence-electron chi connectivity index (χ1n) is 9.14. The lowest BCUT2D eigenvalue weighted by molar-refractivity contribution is 0.0741. The van der Waals surface area contributed by atoms with E-state index < -0.39 is 0 Å². The number of amides is 1. The van der Waals surface area contributed by atoms with Gasteiger partial charge in [0.2, 0.25) is 5.95 Å². The van der Waals surface area contributed by atoms with Gasteiger partial charge in [0.1, 0.15) is 11.5 Å². The molecule has 1 amide bonds. The van der Waals surface area contributed by atoms with Crippen molar-refractivity contribution in [3.63, 3.8) is 0 Å². The second-order valence-electron chi connectivity index (χ2n) is 6.51. The van der Waals surface area contributed by atoms with Crippen LogP contribution in [0.25, 0.3) is 0 Å². The van der Waals surface area contributed by atoms with Gasteiger partial charge in [0.25, 0.3) is 5.91 Å². The van der Waals surface area contributed by atoms with E-state index in [4.69, 9.17) is 0 Å². The zero-order valence-electron chi connectivity index (χ0n) is 15.3. The summed E-state index contributed by atoms with van der Waals surface area (Å²) in [6, 6.07) is 17.7. The first-order valence-corrected chi connectivity index (χ1v) is 9.14. The van der Waals surface area contributed by atoms with Crippen LogP contribution in [0.15, 0.2) is 66.9 Å². The highest BCUT2D eigenvalue weighted by atomic mass is 19.1. The van der Waals surface area contributed by atoms with Crippen molar-refractivity contribution in [2.24, 2.45) is 0 Å². The number of para-hydroxylation sites is 1. The normalized spacial score (nSPS) is 14.0. The van der Waals surface area contributed by atoms with Crippen molar-refractivity contribution in [3.8, 4) is 0 Å². The zero-order valence-corrected chi connectivity index (χ0v) is 15.3. The van der Waals surface area contributed by atoms with Gasteiger partial charge in [-0.2, -0.15) is 0 Å². The van der Waals surface area contributed by atoms with Gasteiger partial charge < -0.3 is 15.1 Å². The van der Waals surface area contributed by atoms with E-state index in [1.54, 1.807) is 24.4 Å². The number of nitrogens with one attached hydrogen (secondary N) is 1. The van der Waals surface area contributed by atoms with E-state index in [-0.39, 0.29) is 11.7 Å². The van der Waals surface area contributed by atoms with Crippen molar-refractivity contribution in [3.05, 3.63) is 78.4 Å². The highest BCUT2D eigenvalue weighted by Gasteiger charge is 2.23. The molecule has 142 valence electrons. The molecule has 3 aromatic rings. The number of hydrogen-bond acceptors (Lipinski definition) is 5. The molecular formula is C21H20FN5O. The molecule has 28 heavy (non-hydrogen) atoms. The Morgan fingerprint density at radius 3 is 2.36 bits per heavy atom. The lowest BCUT2D eigenvalue weighted by Gasteiger charge is -2.36. The fourth-order valence-electron chi connectivity index (χ4n) is 3.17. The lowest BCUT2D eigenvalue weighted by atomic mass is 10.2.